The monoisotopic (exact) mass is 472 g/mol. The van der Waals surface area contributed by atoms with Crippen molar-refractivity contribution < 1.29 is 9.59 Å². The molecule has 34 heavy (non-hydrogen) atoms. The lowest BCUT2D eigenvalue weighted by Crippen LogP contribution is -2.47. The number of amides is 2. The number of fused-ring (bicyclic) bond motifs is 1. The lowest BCUT2D eigenvalue weighted by Gasteiger charge is -2.37. The topological polar surface area (TPSA) is 40.6 Å². The van der Waals surface area contributed by atoms with Crippen molar-refractivity contribution >= 4 is 23.2 Å². The highest BCUT2D eigenvalue weighted by Gasteiger charge is 2.46. The van der Waals surface area contributed by atoms with Gasteiger partial charge in [0.25, 0.3) is 0 Å². The van der Waals surface area contributed by atoms with E-state index in [1.165, 1.54) is 21.6 Å². The van der Waals surface area contributed by atoms with Gasteiger partial charge in [-0.15, -0.1) is 11.3 Å². The summed E-state index contributed by atoms with van der Waals surface area (Å²) in [4.78, 5) is 32.3. The average molecular weight is 473 g/mol. The molecule has 0 saturated heterocycles. The van der Waals surface area contributed by atoms with Gasteiger partial charge in [0.1, 0.15) is 0 Å². The number of carbonyl (C=O) groups excluding carboxylic acids is 2. The molecule has 1 aromatic heterocycles. The molecule has 3 unspecified atom stereocenters. The van der Waals surface area contributed by atoms with Gasteiger partial charge in [-0.05, 0) is 60.2 Å². The Hall–Kier alpha value is -2.92. The van der Waals surface area contributed by atoms with Crippen LogP contribution in [0.4, 0.5) is 0 Å². The third-order valence-electron chi connectivity index (χ3n) is 7.15. The van der Waals surface area contributed by atoms with Gasteiger partial charge < -0.3 is 9.80 Å². The third kappa shape index (κ3) is 4.54. The first-order valence-electron chi connectivity index (χ1n) is 12.3. The van der Waals surface area contributed by atoms with Crippen molar-refractivity contribution in [3.05, 3.63) is 93.2 Å². The summed E-state index contributed by atoms with van der Waals surface area (Å²) in [6.45, 7) is 5.62. The van der Waals surface area contributed by atoms with Gasteiger partial charge in [0, 0.05) is 23.9 Å². The van der Waals surface area contributed by atoms with Crippen LogP contribution in [0.5, 0.6) is 0 Å². The Labute approximate surface area is 206 Å². The van der Waals surface area contributed by atoms with Crippen LogP contribution in [0.3, 0.4) is 0 Å². The van der Waals surface area contributed by atoms with Crippen molar-refractivity contribution in [2.24, 2.45) is 5.92 Å². The molecule has 2 heterocycles. The van der Waals surface area contributed by atoms with Crippen molar-refractivity contribution in [1.29, 1.82) is 0 Å². The molecule has 1 fully saturated rings. The normalized spacial score (nSPS) is 21.1. The van der Waals surface area contributed by atoms with Crippen molar-refractivity contribution in [1.82, 2.24) is 9.80 Å². The second kappa shape index (κ2) is 9.75. The molecule has 0 spiro atoms. The molecule has 2 amide bonds. The Morgan fingerprint density at radius 1 is 1.03 bits per heavy atom. The summed E-state index contributed by atoms with van der Waals surface area (Å²) in [5.74, 6) is 0.455. The van der Waals surface area contributed by atoms with Crippen LogP contribution in [0, 0.1) is 12.8 Å². The molecule has 1 saturated carbocycles. The largest absolute Gasteiger partial charge is 0.333 e. The highest BCUT2D eigenvalue weighted by molar-refractivity contribution is 7.10. The minimum Gasteiger partial charge on any atom is -0.333 e. The summed E-state index contributed by atoms with van der Waals surface area (Å²) < 4.78 is 0. The van der Waals surface area contributed by atoms with Crippen LogP contribution in [0.1, 0.15) is 58.9 Å². The van der Waals surface area contributed by atoms with E-state index in [9.17, 15) is 9.59 Å². The second-order valence-electron chi connectivity index (χ2n) is 9.57. The number of benzene rings is 2. The maximum absolute atomic E-state index is 13.7. The van der Waals surface area contributed by atoms with Gasteiger partial charge in [-0.3, -0.25) is 9.59 Å². The first kappa shape index (κ1) is 22.9. The lowest BCUT2D eigenvalue weighted by atomic mass is 9.92. The van der Waals surface area contributed by atoms with E-state index in [2.05, 4.69) is 61.7 Å². The summed E-state index contributed by atoms with van der Waals surface area (Å²) in [6, 6.07) is 20.8. The molecule has 5 heteroatoms. The number of hydrogen-bond acceptors (Lipinski definition) is 3. The van der Waals surface area contributed by atoms with Crippen LogP contribution in [0.15, 0.2) is 66.0 Å². The van der Waals surface area contributed by atoms with Crippen LogP contribution in [-0.4, -0.2) is 41.2 Å². The first-order chi connectivity index (χ1) is 16.6. The van der Waals surface area contributed by atoms with Gasteiger partial charge >= 0.3 is 0 Å². The third-order valence-corrected chi connectivity index (χ3v) is 8.14. The Morgan fingerprint density at radius 2 is 1.79 bits per heavy atom. The smallest absolute Gasteiger partial charge is 0.242 e. The molecule has 0 N–H and O–H groups in total. The molecule has 4 nitrogen and oxygen atoms in total. The number of carbonyl (C=O) groups is 2. The van der Waals surface area contributed by atoms with E-state index in [1.807, 2.05) is 28.0 Å². The van der Waals surface area contributed by atoms with Gasteiger partial charge in [-0.25, -0.2) is 0 Å². The highest BCUT2D eigenvalue weighted by atomic mass is 32.1. The molecule has 2 aromatic carbocycles. The van der Waals surface area contributed by atoms with E-state index in [1.54, 1.807) is 11.3 Å². The second-order valence-corrected chi connectivity index (χ2v) is 10.6. The predicted molar refractivity (Wildman–Crippen MR) is 137 cm³/mol. The van der Waals surface area contributed by atoms with E-state index >= 15 is 0 Å². The lowest BCUT2D eigenvalue weighted by molar-refractivity contribution is -0.142. The Bertz CT molecular complexity index is 1150. The van der Waals surface area contributed by atoms with Crippen LogP contribution in [0.2, 0.25) is 0 Å². The summed E-state index contributed by atoms with van der Waals surface area (Å²) in [5.41, 5.74) is 4.80. The molecule has 3 aromatic rings. The van der Waals surface area contributed by atoms with Crippen LogP contribution < -0.4 is 0 Å². The summed E-state index contributed by atoms with van der Waals surface area (Å²) in [6.07, 6.45) is 2.60. The molecule has 1 aliphatic carbocycles. The molecular formula is C29H32N2O2S. The molecule has 0 radical (unpaired) electrons. The van der Waals surface area contributed by atoms with Crippen LogP contribution in [0.25, 0.3) is 0 Å². The molecule has 3 atom stereocenters. The zero-order valence-electron chi connectivity index (χ0n) is 19.9. The van der Waals surface area contributed by atoms with Crippen LogP contribution in [-0.2, 0) is 16.0 Å². The van der Waals surface area contributed by atoms with Gasteiger partial charge in [0.2, 0.25) is 11.8 Å². The zero-order valence-corrected chi connectivity index (χ0v) is 20.8. The van der Waals surface area contributed by atoms with E-state index in [0.717, 1.165) is 24.8 Å². The van der Waals surface area contributed by atoms with Crippen molar-refractivity contribution in [3.8, 4) is 0 Å². The minimum absolute atomic E-state index is 0.000484. The number of hydrogen-bond donors (Lipinski definition) is 0. The maximum atomic E-state index is 13.7. The fourth-order valence-electron chi connectivity index (χ4n) is 5.26. The average Bonchev–Trinajstić information content (AvgIpc) is 3.52. The first-order valence-corrected chi connectivity index (χ1v) is 13.2. The fourth-order valence-corrected chi connectivity index (χ4v) is 6.16. The van der Waals surface area contributed by atoms with Gasteiger partial charge in [-0.2, -0.15) is 0 Å². The van der Waals surface area contributed by atoms with E-state index in [-0.39, 0.29) is 36.2 Å². The SMILES string of the molecule is CCCN(CC(=O)N1CCc2sccc2C1c1ccc(C)cc1)C(=O)C1CC1c1ccccc1. The highest BCUT2D eigenvalue weighted by Crippen LogP contribution is 2.48. The van der Waals surface area contributed by atoms with Crippen molar-refractivity contribution in [2.75, 3.05) is 19.6 Å². The standard InChI is InChI=1S/C29H32N2O2S/c1-3-15-30(29(33)25-18-24(25)21-7-5-4-6-8-21)19-27(32)31-16-13-26-23(14-17-34-26)28(31)22-11-9-20(2)10-12-22/h4-12,14,17,24-25,28H,3,13,15-16,18-19H2,1-2H3. The van der Waals surface area contributed by atoms with E-state index in [0.29, 0.717) is 13.1 Å². The van der Waals surface area contributed by atoms with Crippen molar-refractivity contribution in [2.45, 2.75) is 45.1 Å². The van der Waals surface area contributed by atoms with Gasteiger partial charge in [-0.1, -0.05) is 67.1 Å². The number of thiophene rings is 1. The zero-order chi connectivity index (χ0) is 23.7. The molecule has 5 rings (SSSR count). The number of aryl methyl sites for hydroxylation is 1. The molecule has 2 aliphatic rings. The maximum Gasteiger partial charge on any atom is 0.242 e. The number of nitrogens with zero attached hydrogens (tertiary/aromatic N) is 2. The van der Waals surface area contributed by atoms with Gasteiger partial charge in [0.15, 0.2) is 0 Å². The molecule has 176 valence electrons. The van der Waals surface area contributed by atoms with Crippen molar-refractivity contribution in [3.63, 3.8) is 0 Å². The molecule has 1 aliphatic heterocycles. The fraction of sp³-hybridized carbons (Fsp3) is 0.379. The molecule has 0 bridgehead atoms. The predicted octanol–water partition coefficient (Wildman–Crippen LogP) is 5.57. The Balaban J connectivity index is 1.34. The van der Waals surface area contributed by atoms with E-state index < -0.39 is 0 Å². The molecular weight excluding hydrogens is 440 g/mol. The summed E-state index contributed by atoms with van der Waals surface area (Å²) in [5, 5.41) is 2.13. The van der Waals surface area contributed by atoms with E-state index in [4.69, 9.17) is 0 Å². The Kier molecular flexibility index (Phi) is 6.55. The summed E-state index contributed by atoms with van der Waals surface area (Å²) >= 11 is 1.78. The number of rotatable bonds is 7. The van der Waals surface area contributed by atoms with Gasteiger partial charge in [0.05, 0.1) is 12.6 Å². The quantitative estimate of drug-likeness (QED) is 0.451. The van der Waals surface area contributed by atoms with Crippen LogP contribution >= 0.6 is 11.3 Å². The minimum atomic E-state index is -0.0836. The Morgan fingerprint density at radius 3 is 2.53 bits per heavy atom. The summed E-state index contributed by atoms with van der Waals surface area (Å²) in [7, 11) is 0.